The van der Waals surface area contributed by atoms with Crippen LogP contribution in [-0.4, -0.2) is 96.0 Å². The summed E-state index contributed by atoms with van der Waals surface area (Å²) < 4.78 is 0. The van der Waals surface area contributed by atoms with Gasteiger partial charge in [-0.3, -0.25) is 28.8 Å². The summed E-state index contributed by atoms with van der Waals surface area (Å²) in [6, 6.07) is 10.8. The van der Waals surface area contributed by atoms with Crippen LogP contribution in [0.15, 0.2) is 54.6 Å². The predicted octanol–water partition coefficient (Wildman–Crippen LogP) is -2.03. The zero-order valence-corrected chi connectivity index (χ0v) is 25.4. The zero-order valence-electron chi connectivity index (χ0n) is 24.5. The Balaban J connectivity index is 2.07. The van der Waals surface area contributed by atoms with Gasteiger partial charge in [0.2, 0.25) is 35.4 Å². The second kappa shape index (κ2) is 17.5. The van der Waals surface area contributed by atoms with Crippen molar-refractivity contribution in [1.29, 1.82) is 0 Å². The summed E-state index contributed by atoms with van der Waals surface area (Å²) >= 11 is 4.17. The van der Waals surface area contributed by atoms with Crippen LogP contribution < -0.4 is 32.7 Å². The number of rotatable bonds is 17. The van der Waals surface area contributed by atoms with E-state index in [9.17, 15) is 33.9 Å². The number of phenolic OH excluding ortho intramolecular Hbond substituents is 1. The zero-order chi connectivity index (χ0) is 32.8. The Kier molecular flexibility index (Phi) is 14.1. The van der Waals surface area contributed by atoms with E-state index in [1.54, 1.807) is 49.5 Å². The number of benzene rings is 2. The van der Waals surface area contributed by atoms with Gasteiger partial charge in [-0.25, -0.2) is 0 Å². The van der Waals surface area contributed by atoms with Gasteiger partial charge in [-0.15, -0.1) is 0 Å². The molecule has 9 N–H and O–H groups in total. The summed E-state index contributed by atoms with van der Waals surface area (Å²) in [6.45, 7) is -0.516. The van der Waals surface area contributed by atoms with Crippen LogP contribution in [0, 0.1) is 0 Å². The molecule has 15 heteroatoms. The minimum atomic E-state index is -1.38. The number of aromatic hydroxyl groups is 1. The second-order valence-electron chi connectivity index (χ2n) is 10.0. The number of phenols is 1. The fourth-order valence-corrected chi connectivity index (χ4v) is 4.44. The number of hydrogen-bond donors (Lipinski definition) is 8. The topological polar surface area (TPSA) is 226 Å². The number of likely N-dealkylation sites (N-methyl/N-ethyl adjacent to an activating group) is 2. The molecule has 238 valence electrons. The van der Waals surface area contributed by atoms with Crippen molar-refractivity contribution in [2.45, 2.75) is 43.4 Å². The van der Waals surface area contributed by atoms with Gasteiger partial charge in [-0.2, -0.15) is 12.6 Å². The maximum Gasteiger partial charge on any atom is 0.243 e. The Morgan fingerprint density at radius 2 is 1.41 bits per heavy atom. The summed E-state index contributed by atoms with van der Waals surface area (Å²) in [5.41, 5.74) is 12.0. The van der Waals surface area contributed by atoms with Crippen LogP contribution >= 0.6 is 12.6 Å². The Morgan fingerprint density at radius 3 is 1.95 bits per heavy atom. The standard InChI is InChI=1S/C29H39N7O7S/c1-32-21(12-18-8-10-19(37)11-9-18)28(42)35-22(16-44)27(41)33-15-25(39)36(2)23(13-17-6-4-3-5-7-17)29(43)34-20(26(31)40)14-24(30)38/h3-11,20-23,32,37,44H,12-16H2,1-2H3,(H2,30,38)(H2,31,40)(H,33,41)(H,34,43)(H,35,42)/t20-,21+,22-,23+/m1/s1. The maximum absolute atomic E-state index is 13.2. The predicted molar refractivity (Wildman–Crippen MR) is 165 cm³/mol. The van der Waals surface area contributed by atoms with E-state index in [-0.39, 0.29) is 24.3 Å². The van der Waals surface area contributed by atoms with Crippen LogP contribution in [0.2, 0.25) is 0 Å². The molecular weight excluding hydrogens is 590 g/mol. The van der Waals surface area contributed by atoms with Gasteiger partial charge in [-0.1, -0.05) is 42.5 Å². The Hall–Kier alpha value is -4.63. The van der Waals surface area contributed by atoms with E-state index in [1.165, 1.54) is 19.2 Å². The van der Waals surface area contributed by atoms with Crippen LogP contribution in [0.4, 0.5) is 0 Å². The van der Waals surface area contributed by atoms with Crippen molar-refractivity contribution >= 4 is 48.1 Å². The van der Waals surface area contributed by atoms with E-state index in [4.69, 9.17) is 11.5 Å². The van der Waals surface area contributed by atoms with E-state index < -0.39 is 72.6 Å². The first-order chi connectivity index (χ1) is 20.9. The molecule has 2 rings (SSSR count). The summed E-state index contributed by atoms with van der Waals surface area (Å²) in [4.78, 5) is 76.4. The number of carbonyl (C=O) groups is 6. The molecule has 0 heterocycles. The molecule has 0 aromatic heterocycles. The third kappa shape index (κ3) is 11.2. The fourth-order valence-electron chi connectivity index (χ4n) is 4.18. The molecule has 6 amide bonds. The van der Waals surface area contributed by atoms with Crippen molar-refractivity contribution in [3.8, 4) is 5.75 Å². The van der Waals surface area contributed by atoms with E-state index in [2.05, 4.69) is 33.9 Å². The molecule has 0 fully saturated rings. The molecule has 44 heavy (non-hydrogen) atoms. The summed E-state index contributed by atoms with van der Waals surface area (Å²) in [6.07, 6.45) is -0.187. The van der Waals surface area contributed by atoms with Crippen molar-refractivity contribution < 1.29 is 33.9 Å². The number of nitrogens with two attached hydrogens (primary N) is 2. The smallest absolute Gasteiger partial charge is 0.243 e. The van der Waals surface area contributed by atoms with Gasteiger partial charge in [0, 0.05) is 19.2 Å². The molecule has 0 bridgehead atoms. The summed E-state index contributed by atoms with van der Waals surface area (Å²) in [7, 11) is 2.95. The molecular formula is C29H39N7O7S. The lowest BCUT2D eigenvalue weighted by atomic mass is 10.0. The highest BCUT2D eigenvalue weighted by molar-refractivity contribution is 7.80. The van der Waals surface area contributed by atoms with Crippen LogP contribution in [0.3, 0.4) is 0 Å². The van der Waals surface area contributed by atoms with E-state index in [0.29, 0.717) is 5.56 Å². The van der Waals surface area contributed by atoms with Gasteiger partial charge >= 0.3 is 0 Å². The number of primary amides is 2. The summed E-state index contributed by atoms with van der Waals surface area (Å²) in [5.74, 6) is -4.35. The highest BCUT2D eigenvalue weighted by Gasteiger charge is 2.31. The number of thiol groups is 1. The lowest BCUT2D eigenvalue weighted by molar-refractivity contribution is -0.140. The van der Waals surface area contributed by atoms with Crippen LogP contribution in [-0.2, 0) is 41.6 Å². The minimum absolute atomic E-state index is 0.0483. The first-order valence-electron chi connectivity index (χ1n) is 13.7. The van der Waals surface area contributed by atoms with Gasteiger partial charge < -0.3 is 42.7 Å². The van der Waals surface area contributed by atoms with E-state index in [0.717, 1.165) is 10.5 Å². The molecule has 0 saturated heterocycles. The number of nitrogens with zero attached hydrogens (tertiary/aromatic N) is 1. The van der Waals surface area contributed by atoms with Gasteiger partial charge in [-0.05, 0) is 36.7 Å². The Labute approximate surface area is 260 Å². The number of hydrogen-bond acceptors (Lipinski definition) is 9. The lowest BCUT2D eigenvalue weighted by Crippen LogP contribution is -2.57. The number of nitrogens with one attached hydrogen (secondary N) is 4. The van der Waals surface area contributed by atoms with Crippen molar-refractivity contribution in [1.82, 2.24) is 26.2 Å². The van der Waals surface area contributed by atoms with Crippen molar-refractivity contribution in [2.24, 2.45) is 11.5 Å². The van der Waals surface area contributed by atoms with Gasteiger partial charge in [0.15, 0.2) is 0 Å². The molecule has 0 unspecified atom stereocenters. The van der Waals surface area contributed by atoms with E-state index >= 15 is 0 Å². The van der Waals surface area contributed by atoms with Crippen molar-refractivity contribution in [3.63, 3.8) is 0 Å². The largest absolute Gasteiger partial charge is 0.508 e. The van der Waals surface area contributed by atoms with Crippen molar-refractivity contribution in [3.05, 3.63) is 65.7 Å². The minimum Gasteiger partial charge on any atom is -0.508 e. The quantitative estimate of drug-likeness (QED) is 0.0909. The van der Waals surface area contributed by atoms with Crippen molar-refractivity contribution in [2.75, 3.05) is 26.4 Å². The second-order valence-corrected chi connectivity index (χ2v) is 10.4. The molecule has 2 aromatic carbocycles. The molecule has 0 aliphatic carbocycles. The number of carbonyl (C=O) groups excluding carboxylic acids is 6. The molecule has 0 aliphatic heterocycles. The normalized spacial score (nSPS) is 13.4. The highest BCUT2D eigenvalue weighted by atomic mass is 32.1. The monoisotopic (exact) mass is 629 g/mol. The molecule has 14 nitrogen and oxygen atoms in total. The highest BCUT2D eigenvalue weighted by Crippen LogP contribution is 2.12. The van der Waals surface area contributed by atoms with Gasteiger partial charge in [0.25, 0.3) is 0 Å². The molecule has 0 saturated carbocycles. The average molecular weight is 630 g/mol. The summed E-state index contributed by atoms with van der Waals surface area (Å²) in [5, 5.41) is 19.8. The molecule has 2 aromatic rings. The fraction of sp³-hybridized carbons (Fsp3) is 0.379. The lowest BCUT2D eigenvalue weighted by Gasteiger charge is -2.29. The Morgan fingerprint density at radius 1 is 0.818 bits per heavy atom. The first kappa shape index (κ1) is 35.6. The molecule has 0 aliphatic rings. The Bertz CT molecular complexity index is 1310. The van der Waals surface area contributed by atoms with Gasteiger partial charge in [0.1, 0.15) is 23.9 Å². The van der Waals surface area contributed by atoms with E-state index in [1.807, 2.05) is 0 Å². The molecule has 0 radical (unpaired) electrons. The van der Waals surface area contributed by atoms with Crippen LogP contribution in [0.25, 0.3) is 0 Å². The SMILES string of the molecule is CN[C@@H](Cc1ccc(O)cc1)C(=O)N[C@H](CS)C(=O)NCC(=O)N(C)[C@@H](Cc1ccccc1)C(=O)N[C@H](CC(N)=O)C(N)=O. The third-order valence-corrected chi connectivity index (χ3v) is 7.14. The van der Waals surface area contributed by atoms with Crippen LogP contribution in [0.1, 0.15) is 17.5 Å². The maximum atomic E-state index is 13.2. The molecule has 0 spiro atoms. The first-order valence-corrected chi connectivity index (χ1v) is 14.3. The molecule has 4 atom stereocenters. The third-order valence-electron chi connectivity index (χ3n) is 6.77. The van der Waals surface area contributed by atoms with Crippen LogP contribution in [0.5, 0.6) is 5.75 Å². The average Bonchev–Trinajstić information content (AvgIpc) is 3.00. The number of amides is 6. The van der Waals surface area contributed by atoms with Gasteiger partial charge in [0.05, 0.1) is 19.0 Å².